The van der Waals surface area contributed by atoms with Crippen LogP contribution in [-0.2, 0) is 0 Å². The Kier molecular flexibility index (Phi) is 3.66. The van der Waals surface area contributed by atoms with Crippen molar-refractivity contribution in [1.82, 2.24) is 5.32 Å². The zero-order chi connectivity index (χ0) is 13.3. The summed E-state index contributed by atoms with van der Waals surface area (Å²) in [7, 11) is 0. The molecule has 2 fully saturated rings. The summed E-state index contributed by atoms with van der Waals surface area (Å²) < 4.78 is 0. The summed E-state index contributed by atoms with van der Waals surface area (Å²) in [6.45, 7) is 7.20. The Morgan fingerprint density at radius 1 is 1.00 bits per heavy atom. The van der Waals surface area contributed by atoms with E-state index < -0.39 is 0 Å². The van der Waals surface area contributed by atoms with Crippen LogP contribution in [0.15, 0.2) is 24.3 Å². The van der Waals surface area contributed by atoms with E-state index in [0.29, 0.717) is 5.41 Å². The molecule has 1 aromatic rings. The van der Waals surface area contributed by atoms with E-state index in [1.54, 1.807) is 11.1 Å². The van der Waals surface area contributed by atoms with Gasteiger partial charge in [0.2, 0.25) is 0 Å². The first-order valence-corrected chi connectivity index (χ1v) is 7.95. The SMILES string of the molecule is CC1(C)CCC(c2cccc(C3CCNC3)c2)CC1. The first-order valence-electron chi connectivity index (χ1n) is 7.95. The molecule has 3 rings (SSSR count). The van der Waals surface area contributed by atoms with Gasteiger partial charge in [0.25, 0.3) is 0 Å². The molecule has 0 bridgehead atoms. The number of rotatable bonds is 2. The van der Waals surface area contributed by atoms with E-state index in [1.165, 1.54) is 45.2 Å². The quantitative estimate of drug-likeness (QED) is 0.825. The highest BCUT2D eigenvalue weighted by atomic mass is 14.9. The van der Waals surface area contributed by atoms with E-state index in [4.69, 9.17) is 0 Å². The van der Waals surface area contributed by atoms with Crippen molar-refractivity contribution in [2.45, 2.75) is 57.8 Å². The third-order valence-electron chi connectivity index (χ3n) is 5.25. The van der Waals surface area contributed by atoms with Gasteiger partial charge in [0.1, 0.15) is 0 Å². The third kappa shape index (κ3) is 3.02. The zero-order valence-electron chi connectivity index (χ0n) is 12.4. The molecular formula is C18H27N. The molecule has 1 aliphatic carbocycles. The summed E-state index contributed by atoms with van der Waals surface area (Å²) in [5.41, 5.74) is 3.73. The van der Waals surface area contributed by atoms with Gasteiger partial charge >= 0.3 is 0 Å². The van der Waals surface area contributed by atoms with Crippen molar-refractivity contribution in [2.24, 2.45) is 5.41 Å². The highest BCUT2D eigenvalue weighted by Gasteiger charge is 2.28. The van der Waals surface area contributed by atoms with E-state index in [0.717, 1.165) is 11.8 Å². The summed E-state index contributed by atoms with van der Waals surface area (Å²) in [4.78, 5) is 0. The topological polar surface area (TPSA) is 12.0 Å². The normalized spacial score (nSPS) is 27.6. The Labute approximate surface area is 117 Å². The Hall–Kier alpha value is -0.820. The van der Waals surface area contributed by atoms with Crippen molar-refractivity contribution in [1.29, 1.82) is 0 Å². The Morgan fingerprint density at radius 2 is 1.68 bits per heavy atom. The van der Waals surface area contributed by atoms with Gasteiger partial charge in [-0.15, -0.1) is 0 Å². The average Bonchev–Trinajstić information content (AvgIpc) is 2.93. The van der Waals surface area contributed by atoms with E-state index in [9.17, 15) is 0 Å². The minimum absolute atomic E-state index is 0.573. The highest BCUT2D eigenvalue weighted by Crippen LogP contribution is 2.42. The number of hydrogen-bond donors (Lipinski definition) is 1. The lowest BCUT2D eigenvalue weighted by Crippen LogP contribution is -2.20. The van der Waals surface area contributed by atoms with Gasteiger partial charge in [-0.1, -0.05) is 38.1 Å². The summed E-state index contributed by atoms with van der Waals surface area (Å²) in [5.74, 6) is 1.56. The van der Waals surface area contributed by atoms with Gasteiger partial charge in [0.05, 0.1) is 0 Å². The molecule has 1 unspecified atom stereocenters. The van der Waals surface area contributed by atoms with Gasteiger partial charge < -0.3 is 5.32 Å². The molecule has 1 heteroatoms. The second kappa shape index (κ2) is 5.28. The Morgan fingerprint density at radius 3 is 2.32 bits per heavy atom. The average molecular weight is 257 g/mol. The molecule has 1 saturated heterocycles. The maximum atomic E-state index is 3.48. The molecular weight excluding hydrogens is 230 g/mol. The molecule has 19 heavy (non-hydrogen) atoms. The first-order chi connectivity index (χ1) is 9.14. The molecule has 0 radical (unpaired) electrons. The van der Waals surface area contributed by atoms with Crippen LogP contribution in [0.2, 0.25) is 0 Å². The van der Waals surface area contributed by atoms with E-state index in [2.05, 4.69) is 43.4 Å². The zero-order valence-corrected chi connectivity index (χ0v) is 12.4. The van der Waals surface area contributed by atoms with Crippen LogP contribution in [0.1, 0.15) is 68.9 Å². The van der Waals surface area contributed by atoms with Crippen LogP contribution in [0.3, 0.4) is 0 Å². The molecule has 2 aliphatic rings. The van der Waals surface area contributed by atoms with Gasteiger partial charge in [0.15, 0.2) is 0 Å². The molecule has 1 aromatic carbocycles. The van der Waals surface area contributed by atoms with Crippen molar-refractivity contribution in [2.75, 3.05) is 13.1 Å². The first kappa shape index (κ1) is 13.2. The van der Waals surface area contributed by atoms with Gasteiger partial charge in [-0.05, 0) is 67.0 Å². The van der Waals surface area contributed by atoms with E-state index in [1.807, 2.05) is 0 Å². The van der Waals surface area contributed by atoms with Gasteiger partial charge in [0, 0.05) is 6.54 Å². The van der Waals surface area contributed by atoms with Crippen LogP contribution >= 0.6 is 0 Å². The van der Waals surface area contributed by atoms with E-state index in [-0.39, 0.29) is 0 Å². The number of benzene rings is 1. The standard InChI is InChI=1S/C18H27N/c1-18(2)9-6-14(7-10-18)15-4-3-5-16(12-15)17-8-11-19-13-17/h3-5,12,14,17,19H,6-11,13H2,1-2H3. The minimum Gasteiger partial charge on any atom is -0.316 e. The summed E-state index contributed by atoms with van der Waals surface area (Å²) >= 11 is 0. The summed E-state index contributed by atoms with van der Waals surface area (Å²) in [6.07, 6.45) is 6.82. The lowest BCUT2D eigenvalue weighted by atomic mass is 9.71. The molecule has 104 valence electrons. The third-order valence-corrected chi connectivity index (χ3v) is 5.25. The second-order valence-corrected chi connectivity index (χ2v) is 7.30. The molecule has 1 heterocycles. The molecule has 0 aromatic heterocycles. The fourth-order valence-corrected chi connectivity index (χ4v) is 3.74. The Balaban J connectivity index is 1.72. The maximum absolute atomic E-state index is 3.48. The molecule has 1 N–H and O–H groups in total. The van der Waals surface area contributed by atoms with Gasteiger partial charge in [-0.25, -0.2) is 0 Å². The number of hydrogen-bond acceptors (Lipinski definition) is 1. The molecule has 1 saturated carbocycles. The monoisotopic (exact) mass is 257 g/mol. The molecule has 0 spiro atoms. The summed E-state index contributed by atoms with van der Waals surface area (Å²) in [6, 6.07) is 9.46. The summed E-state index contributed by atoms with van der Waals surface area (Å²) in [5, 5.41) is 3.48. The fourth-order valence-electron chi connectivity index (χ4n) is 3.74. The van der Waals surface area contributed by atoms with Crippen molar-refractivity contribution >= 4 is 0 Å². The Bertz CT molecular complexity index is 419. The molecule has 1 aliphatic heterocycles. The van der Waals surface area contributed by atoms with Crippen LogP contribution in [0, 0.1) is 5.41 Å². The van der Waals surface area contributed by atoms with E-state index >= 15 is 0 Å². The molecule has 1 atom stereocenters. The molecule has 1 nitrogen and oxygen atoms in total. The van der Waals surface area contributed by atoms with Gasteiger partial charge in [-0.3, -0.25) is 0 Å². The van der Waals surface area contributed by atoms with Crippen molar-refractivity contribution in [3.8, 4) is 0 Å². The van der Waals surface area contributed by atoms with Crippen LogP contribution in [0.25, 0.3) is 0 Å². The minimum atomic E-state index is 0.573. The second-order valence-electron chi connectivity index (χ2n) is 7.30. The fraction of sp³-hybridized carbons (Fsp3) is 0.667. The lowest BCUT2D eigenvalue weighted by molar-refractivity contribution is 0.224. The molecule has 0 amide bonds. The van der Waals surface area contributed by atoms with Crippen molar-refractivity contribution < 1.29 is 0 Å². The van der Waals surface area contributed by atoms with Crippen molar-refractivity contribution in [3.63, 3.8) is 0 Å². The van der Waals surface area contributed by atoms with Crippen LogP contribution in [0.4, 0.5) is 0 Å². The largest absolute Gasteiger partial charge is 0.316 e. The smallest absolute Gasteiger partial charge is 0.00206 e. The highest BCUT2D eigenvalue weighted by molar-refractivity contribution is 5.30. The van der Waals surface area contributed by atoms with Crippen molar-refractivity contribution in [3.05, 3.63) is 35.4 Å². The predicted octanol–water partition coefficient (Wildman–Crippen LogP) is 4.45. The van der Waals surface area contributed by atoms with Crippen LogP contribution < -0.4 is 5.32 Å². The predicted molar refractivity (Wildman–Crippen MR) is 81.7 cm³/mol. The number of nitrogens with one attached hydrogen (secondary N) is 1. The lowest BCUT2D eigenvalue weighted by Gasteiger charge is -2.34. The maximum Gasteiger partial charge on any atom is 0.00206 e. The van der Waals surface area contributed by atoms with Crippen LogP contribution in [-0.4, -0.2) is 13.1 Å². The van der Waals surface area contributed by atoms with Crippen LogP contribution in [0.5, 0.6) is 0 Å². The van der Waals surface area contributed by atoms with Gasteiger partial charge in [-0.2, -0.15) is 0 Å².